The van der Waals surface area contributed by atoms with Crippen molar-refractivity contribution in [1.82, 2.24) is 4.98 Å². The van der Waals surface area contributed by atoms with E-state index in [9.17, 15) is 9.18 Å². The minimum atomic E-state index is -0.649. The molecule has 0 aliphatic heterocycles. The molecule has 0 unspecified atom stereocenters. The van der Waals surface area contributed by atoms with Crippen molar-refractivity contribution < 1.29 is 9.18 Å². The van der Waals surface area contributed by atoms with E-state index >= 15 is 0 Å². The molecule has 82 valence electrons. The highest BCUT2D eigenvalue weighted by Crippen LogP contribution is 2.20. The predicted molar refractivity (Wildman–Crippen MR) is 59.7 cm³/mol. The molecule has 3 nitrogen and oxygen atoms in total. The van der Waals surface area contributed by atoms with Crippen LogP contribution in [0.1, 0.15) is 16.1 Å². The van der Waals surface area contributed by atoms with Gasteiger partial charge in [0.2, 0.25) is 0 Å². The number of carbonyl (C=O) groups is 1. The second-order valence-electron chi connectivity index (χ2n) is 3.41. The smallest absolute Gasteiger partial charge is 0.176 e. The van der Waals surface area contributed by atoms with Gasteiger partial charge in [-0.3, -0.25) is 4.79 Å². The first-order valence-corrected chi connectivity index (χ1v) is 4.86. The highest BCUT2D eigenvalue weighted by Gasteiger charge is 2.05. The second kappa shape index (κ2) is 4.54. The number of rotatable bonds is 2. The molecule has 0 N–H and O–H groups in total. The Morgan fingerprint density at radius 1 is 1.24 bits per heavy atom. The van der Waals surface area contributed by atoms with E-state index in [1.165, 1.54) is 12.3 Å². The third-order valence-electron chi connectivity index (χ3n) is 2.33. The van der Waals surface area contributed by atoms with E-state index < -0.39 is 5.82 Å². The van der Waals surface area contributed by atoms with Crippen molar-refractivity contribution in [2.45, 2.75) is 0 Å². The SMILES string of the molecule is N#Cc1ncc(-c2ccc(C=O)cc2)cc1F. The van der Waals surface area contributed by atoms with Crippen LogP contribution in [0, 0.1) is 17.1 Å². The second-order valence-corrected chi connectivity index (χ2v) is 3.41. The number of aromatic nitrogens is 1. The molecular weight excluding hydrogens is 219 g/mol. The van der Waals surface area contributed by atoms with Crippen molar-refractivity contribution in [3.05, 3.63) is 53.6 Å². The van der Waals surface area contributed by atoms with Crippen LogP contribution in [-0.4, -0.2) is 11.3 Å². The fourth-order valence-electron chi connectivity index (χ4n) is 1.43. The molecule has 0 aliphatic carbocycles. The highest BCUT2D eigenvalue weighted by molar-refractivity contribution is 5.76. The topological polar surface area (TPSA) is 53.8 Å². The lowest BCUT2D eigenvalue weighted by molar-refractivity contribution is 0.112. The summed E-state index contributed by atoms with van der Waals surface area (Å²) in [5.74, 6) is -0.649. The lowest BCUT2D eigenvalue weighted by atomic mass is 10.1. The van der Waals surface area contributed by atoms with Crippen molar-refractivity contribution in [3.8, 4) is 17.2 Å². The largest absolute Gasteiger partial charge is 0.298 e. The highest BCUT2D eigenvalue weighted by atomic mass is 19.1. The Bertz CT molecular complexity index is 600. The Kier molecular flexibility index (Phi) is 2.93. The van der Waals surface area contributed by atoms with Crippen LogP contribution in [0.5, 0.6) is 0 Å². The number of benzene rings is 1. The van der Waals surface area contributed by atoms with Gasteiger partial charge in [0.15, 0.2) is 11.5 Å². The quantitative estimate of drug-likeness (QED) is 0.739. The Hall–Kier alpha value is -2.54. The summed E-state index contributed by atoms with van der Waals surface area (Å²) >= 11 is 0. The molecular formula is C13H7FN2O. The molecule has 0 saturated carbocycles. The lowest BCUT2D eigenvalue weighted by Gasteiger charge is -2.02. The molecule has 4 heteroatoms. The predicted octanol–water partition coefficient (Wildman–Crippen LogP) is 2.57. The maximum absolute atomic E-state index is 13.3. The van der Waals surface area contributed by atoms with Gasteiger partial charge >= 0.3 is 0 Å². The molecule has 0 atom stereocenters. The van der Waals surface area contributed by atoms with Crippen LogP contribution in [0.3, 0.4) is 0 Å². The number of nitriles is 1. The van der Waals surface area contributed by atoms with Gasteiger partial charge in [0.25, 0.3) is 0 Å². The van der Waals surface area contributed by atoms with E-state index in [0.717, 1.165) is 11.8 Å². The molecule has 0 bridgehead atoms. The van der Waals surface area contributed by atoms with E-state index in [1.54, 1.807) is 30.3 Å². The van der Waals surface area contributed by atoms with Gasteiger partial charge in [0, 0.05) is 17.3 Å². The van der Waals surface area contributed by atoms with Crippen molar-refractivity contribution >= 4 is 6.29 Å². The fourth-order valence-corrected chi connectivity index (χ4v) is 1.43. The minimum absolute atomic E-state index is 0.224. The number of hydrogen-bond acceptors (Lipinski definition) is 3. The number of carbonyl (C=O) groups excluding carboxylic acids is 1. The van der Waals surface area contributed by atoms with Gasteiger partial charge in [-0.05, 0) is 11.6 Å². The summed E-state index contributed by atoms with van der Waals surface area (Å²) in [5.41, 5.74) is 1.64. The maximum Gasteiger partial charge on any atom is 0.176 e. The summed E-state index contributed by atoms with van der Waals surface area (Å²) in [5, 5.41) is 8.56. The van der Waals surface area contributed by atoms with E-state index in [2.05, 4.69) is 4.98 Å². The molecule has 0 spiro atoms. The van der Waals surface area contributed by atoms with Gasteiger partial charge in [-0.15, -0.1) is 0 Å². The van der Waals surface area contributed by atoms with E-state index in [0.29, 0.717) is 11.1 Å². The molecule has 1 heterocycles. The van der Waals surface area contributed by atoms with Crippen LogP contribution < -0.4 is 0 Å². The van der Waals surface area contributed by atoms with E-state index in [4.69, 9.17) is 5.26 Å². The van der Waals surface area contributed by atoms with Crippen LogP contribution in [0.15, 0.2) is 36.5 Å². The number of halogens is 1. The monoisotopic (exact) mass is 226 g/mol. The Balaban J connectivity index is 2.43. The minimum Gasteiger partial charge on any atom is -0.298 e. The van der Waals surface area contributed by atoms with Crippen LogP contribution >= 0.6 is 0 Å². The molecule has 0 fully saturated rings. The van der Waals surface area contributed by atoms with Gasteiger partial charge in [0.1, 0.15) is 12.4 Å². The van der Waals surface area contributed by atoms with Crippen LogP contribution in [0.4, 0.5) is 4.39 Å². The first-order valence-electron chi connectivity index (χ1n) is 4.86. The summed E-state index contributed by atoms with van der Waals surface area (Å²) in [6.45, 7) is 0. The number of nitrogens with zero attached hydrogens (tertiary/aromatic N) is 2. The molecule has 0 amide bonds. The lowest BCUT2D eigenvalue weighted by Crippen LogP contribution is -1.90. The summed E-state index contributed by atoms with van der Waals surface area (Å²) in [4.78, 5) is 14.2. The van der Waals surface area contributed by atoms with Crippen LogP contribution in [-0.2, 0) is 0 Å². The number of aldehydes is 1. The normalized spacial score (nSPS) is 9.65. The third kappa shape index (κ3) is 2.18. The first-order chi connectivity index (χ1) is 8.24. The van der Waals surface area contributed by atoms with Crippen LogP contribution in [0.25, 0.3) is 11.1 Å². The van der Waals surface area contributed by atoms with Gasteiger partial charge in [-0.2, -0.15) is 5.26 Å². The summed E-state index contributed by atoms with van der Waals surface area (Å²) < 4.78 is 13.3. The van der Waals surface area contributed by atoms with Gasteiger partial charge in [-0.1, -0.05) is 24.3 Å². The Labute approximate surface area is 97.2 Å². The number of hydrogen-bond donors (Lipinski definition) is 0. The molecule has 0 aliphatic rings. The molecule has 1 aromatic heterocycles. The average molecular weight is 226 g/mol. The van der Waals surface area contributed by atoms with Crippen LogP contribution in [0.2, 0.25) is 0 Å². The fraction of sp³-hybridized carbons (Fsp3) is 0. The first kappa shape index (κ1) is 11.0. The zero-order valence-corrected chi connectivity index (χ0v) is 8.72. The Morgan fingerprint density at radius 2 is 1.94 bits per heavy atom. The van der Waals surface area contributed by atoms with Gasteiger partial charge < -0.3 is 0 Å². The zero-order valence-electron chi connectivity index (χ0n) is 8.72. The van der Waals surface area contributed by atoms with Crippen molar-refractivity contribution in [1.29, 1.82) is 5.26 Å². The molecule has 2 aromatic rings. The third-order valence-corrected chi connectivity index (χ3v) is 2.33. The standard InChI is InChI=1S/C13H7FN2O/c14-12-5-11(7-16-13(12)6-15)10-3-1-9(8-17)2-4-10/h1-5,7-8H. The van der Waals surface area contributed by atoms with Gasteiger partial charge in [-0.25, -0.2) is 9.37 Å². The zero-order chi connectivity index (χ0) is 12.3. The molecule has 0 saturated heterocycles. The summed E-state index contributed by atoms with van der Waals surface area (Å²) in [6.07, 6.45) is 2.17. The Morgan fingerprint density at radius 3 is 2.47 bits per heavy atom. The summed E-state index contributed by atoms with van der Waals surface area (Å²) in [7, 11) is 0. The van der Waals surface area contributed by atoms with Crippen molar-refractivity contribution in [3.63, 3.8) is 0 Å². The maximum atomic E-state index is 13.3. The molecule has 2 rings (SSSR count). The summed E-state index contributed by atoms with van der Waals surface area (Å²) in [6, 6.07) is 9.59. The number of pyridine rings is 1. The molecule has 1 aromatic carbocycles. The van der Waals surface area contributed by atoms with E-state index in [-0.39, 0.29) is 5.69 Å². The van der Waals surface area contributed by atoms with E-state index in [1.807, 2.05) is 0 Å². The van der Waals surface area contributed by atoms with Crippen molar-refractivity contribution in [2.75, 3.05) is 0 Å². The molecule has 0 radical (unpaired) electrons. The van der Waals surface area contributed by atoms with Gasteiger partial charge in [0.05, 0.1) is 0 Å². The average Bonchev–Trinajstić information content (AvgIpc) is 2.39. The molecule has 17 heavy (non-hydrogen) atoms. The van der Waals surface area contributed by atoms with Crippen molar-refractivity contribution in [2.24, 2.45) is 0 Å².